The van der Waals surface area contributed by atoms with Crippen LogP contribution in [0.5, 0.6) is 0 Å². The van der Waals surface area contributed by atoms with E-state index in [2.05, 4.69) is 31.5 Å². The molecule has 116 valence electrons. The zero-order chi connectivity index (χ0) is 15.8. The first-order valence-corrected chi connectivity index (χ1v) is 7.72. The van der Waals surface area contributed by atoms with E-state index in [1.165, 1.54) is 11.1 Å². The highest BCUT2D eigenvalue weighted by Gasteiger charge is 2.22. The van der Waals surface area contributed by atoms with E-state index in [-0.39, 0.29) is 6.04 Å². The van der Waals surface area contributed by atoms with E-state index in [0.29, 0.717) is 23.2 Å². The van der Waals surface area contributed by atoms with Crippen molar-refractivity contribution in [2.75, 3.05) is 5.32 Å². The second-order valence-corrected chi connectivity index (χ2v) is 6.04. The van der Waals surface area contributed by atoms with Gasteiger partial charge in [-0.3, -0.25) is 0 Å². The van der Waals surface area contributed by atoms with E-state index in [1.807, 2.05) is 12.1 Å². The summed E-state index contributed by atoms with van der Waals surface area (Å²) in [5.41, 5.74) is 3.32. The molecule has 0 spiro atoms. The van der Waals surface area contributed by atoms with Crippen LogP contribution in [0.25, 0.3) is 11.5 Å². The summed E-state index contributed by atoms with van der Waals surface area (Å²) in [5.74, 6) is 1.61. The van der Waals surface area contributed by atoms with Gasteiger partial charge in [-0.15, -0.1) is 0 Å². The second kappa shape index (κ2) is 5.62. The number of rotatable bonds is 3. The van der Waals surface area contributed by atoms with Crippen molar-refractivity contribution < 1.29 is 4.52 Å². The van der Waals surface area contributed by atoms with Crippen molar-refractivity contribution in [3.63, 3.8) is 0 Å². The zero-order valence-corrected chi connectivity index (χ0v) is 13.2. The van der Waals surface area contributed by atoms with Gasteiger partial charge in [0.15, 0.2) is 5.82 Å². The number of aromatic nitrogens is 4. The van der Waals surface area contributed by atoms with Crippen LogP contribution in [0.15, 0.2) is 35.1 Å². The molecule has 0 fully saturated rings. The molecule has 0 amide bonds. The summed E-state index contributed by atoms with van der Waals surface area (Å²) in [6.45, 7) is 1.77. The lowest BCUT2D eigenvalue weighted by atomic mass is 10.1. The van der Waals surface area contributed by atoms with Crippen molar-refractivity contribution in [3.8, 4) is 11.5 Å². The Bertz CT molecular complexity index is 846. The van der Waals surface area contributed by atoms with E-state index >= 15 is 0 Å². The quantitative estimate of drug-likeness (QED) is 0.796. The molecule has 3 aromatic rings. The Kier molecular flexibility index (Phi) is 3.46. The lowest BCUT2D eigenvalue weighted by Gasteiger charge is -2.11. The van der Waals surface area contributed by atoms with E-state index in [1.54, 1.807) is 19.3 Å². The lowest BCUT2D eigenvalue weighted by molar-refractivity contribution is 0.425. The maximum atomic E-state index is 6.04. The van der Waals surface area contributed by atoms with E-state index in [9.17, 15) is 0 Å². The fourth-order valence-corrected chi connectivity index (χ4v) is 2.99. The van der Waals surface area contributed by atoms with E-state index < -0.39 is 0 Å². The molecule has 1 aromatic carbocycles. The van der Waals surface area contributed by atoms with Crippen molar-refractivity contribution in [2.24, 2.45) is 0 Å². The largest absolute Gasteiger partial charge is 0.351 e. The summed E-state index contributed by atoms with van der Waals surface area (Å²) in [6, 6.07) is 6.32. The first-order valence-electron chi connectivity index (χ1n) is 7.34. The molecule has 1 atom stereocenters. The predicted octanol–water partition coefficient (Wildman–Crippen LogP) is 3.07. The molecule has 0 bridgehead atoms. The highest BCUT2D eigenvalue weighted by Crippen LogP contribution is 2.26. The molecule has 1 aliphatic carbocycles. The molecule has 1 unspecified atom stereocenters. The van der Waals surface area contributed by atoms with Gasteiger partial charge in [0.2, 0.25) is 5.95 Å². The maximum Gasteiger partial charge on any atom is 0.261 e. The number of benzene rings is 1. The lowest BCUT2D eigenvalue weighted by Crippen LogP contribution is -2.20. The summed E-state index contributed by atoms with van der Waals surface area (Å²) in [7, 11) is 0. The summed E-state index contributed by atoms with van der Waals surface area (Å²) in [5, 5.41) is 7.90. The Morgan fingerprint density at radius 1 is 1.17 bits per heavy atom. The molecule has 0 saturated heterocycles. The average molecular weight is 328 g/mol. The van der Waals surface area contributed by atoms with Crippen molar-refractivity contribution in [2.45, 2.75) is 25.8 Å². The number of nitrogens with zero attached hydrogens (tertiary/aromatic N) is 4. The molecule has 1 aliphatic rings. The van der Waals surface area contributed by atoms with Gasteiger partial charge < -0.3 is 9.84 Å². The van der Waals surface area contributed by atoms with Crippen LogP contribution in [0, 0.1) is 6.92 Å². The van der Waals surface area contributed by atoms with Gasteiger partial charge >= 0.3 is 0 Å². The molecule has 7 heteroatoms. The van der Waals surface area contributed by atoms with Gasteiger partial charge in [-0.2, -0.15) is 4.98 Å². The molecule has 0 aliphatic heterocycles. The number of nitrogens with one attached hydrogen (secondary N) is 1. The van der Waals surface area contributed by atoms with E-state index in [4.69, 9.17) is 16.1 Å². The summed E-state index contributed by atoms with van der Waals surface area (Å²) < 4.78 is 5.10. The van der Waals surface area contributed by atoms with Crippen LogP contribution in [0.3, 0.4) is 0 Å². The molecule has 4 rings (SSSR count). The summed E-state index contributed by atoms with van der Waals surface area (Å²) in [4.78, 5) is 12.8. The van der Waals surface area contributed by atoms with Gasteiger partial charge in [-0.05, 0) is 43.0 Å². The second-order valence-electron chi connectivity index (χ2n) is 5.60. The van der Waals surface area contributed by atoms with Crippen molar-refractivity contribution in [1.29, 1.82) is 0 Å². The van der Waals surface area contributed by atoms with Crippen molar-refractivity contribution in [3.05, 3.63) is 52.6 Å². The Hall–Kier alpha value is -2.47. The van der Waals surface area contributed by atoms with Crippen molar-refractivity contribution in [1.82, 2.24) is 20.1 Å². The highest BCUT2D eigenvalue weighted by atomic mass is 35.5. The molecule has 2 aromatic heterocycles. The minimum atomic E-state index is 0.278. The highest BCUT2D eigenvalue weighted by molar-refractivity contribution is 6.30. The standard InChI is InChI=1S/C16H14ClN5O/c1-9-20-15(23-22-9)12-7-18-16(19-8-12)21-14-5-10-2-3-13(17)4-11(10)6-14/h2-4,7-8,14H,5-6H2,1H3,(H,18,19,21). The smallest absolute Gasteiger partial charge is 0.261 e. The van der Waals surface area contributed by atoms with E-state index in [0.717, 1.165) is 17.9 Å². The summed E-state index contributed by atoms with van der Waals surface area (Å²) in [6.07, 6.45) is 5.23. The Morgan fingerprint density at radius 2 is 1.96 bits per heavy atom. The first-order chi connectivity index (χ1) is 11.2. The minimum absolute atomic E-state index is 0.278. The number of fused-ring (bicyclic) bond motifs is 1. The number of aryl methyl sites for hydroxylation is 1. The van der Waals surface area contributed by atoms with Crippen LogP contribution in [0.1, 0.15) is 17.0 Å². The summed E-state index contributed by atoms with van der Waals surface area (Å²) >= 11 is 6.04. The molecule has 0 radical (unpaired) electrons. The predicted molar refractivity (Wildman–Crippen MR) is 86.3 cm³/mol. The molecule has 23 heavy (non-hydrogen) atoms. The van der Waals surface area contributed by atoms with Crippen LogP contribution in [-0.4, -0.2) is 26.2 Å². The topological polar surface area (TPSA) is 76.7 Å². The number of hydrogen-bond donors (Lipinski definition) is 1. The number of hydrogen-bond acceptors (Lipinski definition) is 6. The molecular formula is C16H14ClN5O. The fraction of sp³-hybridized carbons (Fsp3) is 0.250. The first kappa shape index (κ1) is 14.1. The van der Waals surface area contributed by atoms with Crippen LogP contribution < -0.4 is 5.32 Å². The molecule has 0 saturated carbocycles. The van der Waals surface area contributed by atoms with Crippen molar-refractivity contribution >= 4 is 17.5 Å². The van der Waals surface area contributed by atoms with Gasteiger partial charge in [0.05, 0.1) is 5.56 Å². The molecule has 1 N–H and O–H groups in total. The van der Waals surface area contributed by atoms with Gasteiger partial charge in [0.1, 0.15) is 0 Å². The third-order valence-electron chi connectivity index (χ3n) is 3.86. The van der Waals surface area contributed by atoms with Crippen LogP contribution >= 0.6 is 11.6 Å². The Morgan fingerprint density at radius 3 is 2.70 bits per heavy atom. The average Bonchev–Trinajstić information content (AvgIpc) is 3.13. The van der Waals surface area contributed by atoms with Gasteiger partial charge in [-0.1, -0.05) is 22.8 Å². The fourth-order valence-electron chi connectivity index (χ4n) is 2.80. The Labute approximate surface area is 137 Å². The molecular weight excluding hydrogens is 314 g/mol. The van der Waals surface area contributed by atoms with Crippen LogP contribution in [0.2, 0.25) is 5.02 Å². The zero-order valence-electron chi connectivity index (χ0n) is 12.5. The van der Waals surface area contributed by atoms with Crippen LogP contribution in [0.4, 0.5) is 5.95 Å². The monoisotopic (exact) mass is 327 g/mol. The van der Waals surface area contributed by atoms with Gasteiger partial charge in [-0.25, -0.2) is 9.97 Å². The van der Waals surface area contributed by atoms with Gasteiger partial charge in [0, 0.05) is 23.5 Å². The third-order valence-corrected chi connectivity index (χ3v) is 4.10. The van der Waals surface area contributed by atoms with Crippen LogP contribution in [-0.2, 0) is 12.8 Å². The third kappa shape index (κ3) is 2.90. The van der Waals surface area contributed by atoms with Gasteiger partial charge in [0.25, 0.3) is 5.89 Å². The SMILES string of the molecule is Cc1noc(-c2cnc(NC3Cc4ccc(Cl)cc4C3)nc2)n1. The molecule has 6 nitrogen and oxygen atoms in total. The Balaban J connectivity index is 1.46. The number of anilines is 1. The normalized spacial score (nSPS) is 16.3. The number of halogens is 1. The maximum absolute atomic E-state index is 6.04. The molecule has 2 heterocycles. The minimum Gasteiger partial charge on any atom is -0.351 e.